The summed E-state index contributed by atoms with van der Waals surface area (Å²) in [6.07, 6.45) is 3.36. The number of hydrogen-bond donors (Lipinski definition) is 0. The van der Waals surface area contributed by atoms with Gasteiger partial charge in [0.2, 0.25) is 5.91 Å². The Balaban J connectivity index is 1.40. The highest BCUT2D eigenvalue weighted by Crippen LogP contribution is 2.37. The average Bonchev–Trinajstić information content (AvgIpc) is 3.39. The quantitative estimate of drug-likeness (QED) is 0.446. The number of rotatable bonds is 4. The van der Waals surface area contributed by atoms with Gasteiger partial charge in [-0.05, 0) is 60.9 Å². The van der Waals surface area contributed by atoms with Crippen LogP contribution in [0.2, 0.25) is 0 Å². The number of pyridine rings is 1. The number of alkyl halides is 3. The Morgan fingerprint density at radius 1 is 1.18 bits per heavy atom. The van der Waals surface area contributed by atoms with E-state index in [9.17, 15) is 18.0 Å². The summed E-state index contributed by atoms with van der Waals surface area (Å²) in [6.45, 7) is 3.78. The van der Waals surface area contributed by atoms with Crippen molar-refractivity contribution in [2.24, 2.45) is 11.8 Å². The standard InChI is InChI=1S/C25H28F3N3OS/c1-16-4-6-17(7-5-16)13-23(32)30-12-10-19-20-3-2-11-29-24(20)31(21(19)15-30)14-18-8-9-22(33-18)25(26,27)28/h2-3,8-9,11,16-17H,4-7,10,12-15H2,1H3. The van der Waals surface area contributed by atoms with E-state index in [1.807, 2.05) is 21.6 Å². The Labute approximate surface area is 195 Å². The van der Waals surface area contributed by atoms with Gasteiger partial charge in [0.15, 0.2) is 0 Å². The van der Waals surface area contributed by atoms with Crippen molar-refractivity contribution in [2.45, 2.75) is 64.7 Å². The van der Waals surface area contributed by atoms with Crippen LogP contribution in [-0.4, -0.2) is 26.9 Å². The normalized spacial score (nSPS) is 21.4. The molecule has 33 heavy (non-hydrogen) atoms. The molecule has 1 aliphatic carbocycles. The number of nitrogens with zero attached hydrogens (tertiary/aromatic N) is 3. The van der Waals surface area contributed by atoms with Gasteiger partial charge >= 0.3 is 6.18 Å². The summed E-state index contributed by atoms with van der Waals surface area (Å²) in [5, 5.41) is 1.04. The first-order chi connectivity index (χ1) is 15.8. The van der Waals surface area contributed by atoms with Crippen molar-refractivity contribution in [1.82, 2.24) is 14.5 Å². The minimum atomic E-state index is -4.33. The van der Waals surface area contributed by atoms with Gasteiger partial charge in [0.1, 0.15) is 10.5 Å². The molecule has 0 atom stereocenters. The summed E-state index contributed by atoms with van der Waals surface area (Å²) < 4.78 is 41.3. The lowest BCUT2D eigenvalue weighted by molar-refractivity contribution is -0.134. The minimum absolute atomic E-state index is 0.195. The fourth-order valence-corrected chi connectivity index (χ4v) is 6.19. The van der Waals surface area contributed by atoms with Gasteiger partial charge in [0.25, 0.3) is 0 Å². The van der Waals surface area contributed by atoms with Gasteiger partial charge in [0.05, 0.1) is 13.1 Å². The first-order valence-electron chi connectivity index (χ1n) is 11.7. The molecule has 0 radical (unpaired) electrons. The number of aromatic nitrogens is 2. The van der Waals surface area contributed by atoms with Gasteiger partial charge in [-0.1, -0.05) is 19.8 Å². The molecule has 0 unspecified atom stereocenters. The van der Waals surface area contributed by atoms with E-state index in [4.69, 9.17) is 0 Å². The van der Waals surface area contributed by atoms with Crippen molar-refractivity contribution in [3.8, 4) is 0 Å². The van der Waals surface area contributed by atoms with Gasteiger partial charge < -0.3 is 9.47 Å². The molecule has 1 aliphatic heterocycles. The molecular formula is C25H28F3N3OS. The third kappa shape index (κ3) is 4.54. The lowest BCUT2D eigenvalue weighted by atomic mass is 9.81. The van der Waals surface area contributed by atoms with E-state index in [0.29, 0.717) is 36.9 Å². The fourth-order valence-electron chi connectivity index (χ4n) is 5.32. The van der Waals surface area contributed by atoms with E-state index in [-0.39, 0.29) is 5.91 Å². The summed E-state index contributed by atoms with van der Waals surface area (Å²) in [7, 11) is 0. The third-order valence-corrected chi connectivity index (χ3v) is 8.34. The zero-order valence-corrected chi connectivity index (χ0v) is 19.5. The van der Waals surface area contributed by atoms with Crippen LogP contribution in [0, 0.1) is 11.8 Å². The van der Waals surface area contributed by atoms with Crippen LogP contribution in [0.1, 0.15) is 60.0 Å². The number of hydrogen-bond acceptors (Lipinski definition) is 3. The van der Waals surface area contributed by atoms with Crippen LogP contribution in [-0.2, 0) is 30.5 Å². The Hall–Kier alpha value is -2.35. The van der Waals surface area contributed by atoms with Crippen molar-refractivity contribution in [2.75, 3.05) is 6.54 Å². The monoisotopic (exact) mass is 475 g/mol. The first kappa shape index (κ1) is 22.4. The minimum Gasteiger partial charge on any atom is -0.337 e. The fraction of sp³-hybridized carbons (Fsp3) is 0.520. The zero-order valence-electron chi connectivity index (χ0n) is 18.7. The lowest BCUT2D eigenvalue weighted by Crippen LogP contribution is -2.37. The predicted molar refractivity (Wildman–Crippen MR) is 123 cm³/mol. The van der Waals surface area contributed by atoms with Gasteiger partial charge in [-0.15, -0.1) is 11.3 Å². The van der Waals surface area contributed by atoms with Gasteiger partial charge in [-0.25, -0.2) is 4.98 Å². The molecule has 8 heteroatoms. The summed E-state index contributed by atoms with van der Waals surface area (Å²) >= 11 is 0.774. The molecule has 3 aromatic heterocycles. The lowest BCUT2D eigenvalue weighted by Gasteiger charge is -2.31. The van der Waals surface area contributed by atoms with Crippen molar-refractivity contribution in [3.63, 3.8) is 0 Å². The zero-order chi connectivity index (χ0) is 23.2. The van der Waals surface area contributed by atoms with Crippen LogP contribution in [0.4, 0.5) is 13.2 Å². The Morgan fingerprint density at radius 3 is 2.70 bits per heavy atom. The first-order valence-corrected chi connectivity index (χ1v) is 12.5. The summed E-state index contributed by atoms with van der Waals surface area (Å²) in [5.74, 6) is 1.42. The van der Waals surface area contributed by atoms with Crippen molar-refractivity contribution in [3.05, 3.63) is 51.5 Å². The van der Waals surface area contributed by atoms with Crippen molar-refractivity contribution in [1.29, 1.82) is 0 Å². The number of thiophene rings is 1. The number of fused-ring (bicyclic) bond motifs is 3. The maximum absolute atomic E-state index is 13.1. The van der Waals surface area contributed by atoms with E-state index in [0.717, 1.165) is 59.3 Å². The molecule has 0 N–H and O–H groups in total. The number of halogens is 3. The van der Waals surface area contributed by atoms with E-state index in [2.05, 4.69) is 11.9 Å². The molecule has 1 amide bonds. The molecule has 0 saturated heterocycles. The Kier molecular flexibility index (Phi) is 5.97. The van der Waals surface area contributed by atoms with Crippen molar-refractivity contribution < 1.29 is 18.0 Å². The number of carbonyl (C=O) groups is 1. The Morgan fingerprint density at radius 2 is 1.97 bits per heavy atom. The smallest absolute Gasteiger partial charge is 0.337 e. The Bertz CT molecular complexity index is 1160. The second kappa shape index (κ2) is 8.78. The highest BCUT2D eigenvalue weighted by molar-refractivity contribution is 7.12. The SMILES string of the molecule is CC1CCC(CC(=O)N2CCc3c(n(Cc4ccc(C(F)(F)F)s4)c4ncccc34)C2)CC1. The molecule has 2 aliphatic rings. The van der Waals surface area contributed by atoms with E-state index >= 15 is 0 Å². The summed E-state index contributed by atoms with van der Waals surface area (Å²) in [4.78, 5) is 19.7. The molecule has 3 aromatic rings. The largest absolute Gasteiger partial charge is 0.425 e. The molecule has 0 aromatic carbocycles. The second-order valence-corrected chi connectivity index (χ2v) is 10.7. The van der Waals surface area contributed by atoms with Gasteiger partial charge in [-0.3, -0.25) is 4.79 Å². The number of amides is 1. The average molecular weight is 476 g/mol. The maximum Gasteiger partial charge on any atom is 0.425 e. The summed E-state index contributed by atoms with van der Waals surface area (Å²) in [6, 6.07) is 6.60. The molecule has 5 rings (SSSR count). The number of carbonyl (C=O) groups excluding carboxylic acids is 1. The predicted octanol–water partition coefficient (Wildman–Crippen LogP) is 6.27. The maximum atomic E-state index is 13.1. The molecule has 1 fully saturated rings. The highest BCUT2D eigenvalue weighted by atomic mass is 32.1. The molecule has 4 heterocycles. The van der Waals surface area contributed by atoms with E-state index in [1.165, 1.54) is 18.4 Å². The highest BCUT2D eigenvalue weighted by Gasteiger charge is 2.33. The van der Waals surface area contributed by atoms with E-state index in [1.54, 1.807) is 12.3 Å². The molecule has 176 valence electrons. The third-order valence-electron chi connectivity index (χ3n) is 7.22. The van der Waals surface area contributed by atoms with Crippen LogP contribution >= 0.6 is 11.3 Å². The molecule has 1 saturated carbocycles. The molecule has 4 nitrogen and oxygen atoms in total. The van der Waals surface area contributed by atoms with Crippen molar-refractivity contribution >= 4 is 28.3 Å². The van der Waals surface area contributed by atoms with Crippen LogP contribution in [0.5, 0.6) is 0 Å². The van der Waals surface area contributed by atoms with Crippen LogP contribution in [0.3, 0.4) is 0 Å². The van der Waals surface area contributed by atoms with E-state index < -0.39 is 11.1 Å². The van der Waals surface area contributed by atoms with Gasteiger partial charge in [0, 0.05) is 35.1 Å². The summed E-state index contributed by atoms with van der Waals surface area (Å²) in [5.41, 5.74) is 2.95. The molecule has 0 spiro atoms. The van der Waals surface area contributed by atoms with Crippen LogP contribution < -0.4 is 0 Å². The van der Waals surface area contributed by atoms with Crippen LogP contribution in [0.25, 0.3) is 11.0 Å². The molecule has 0 bridgehead atoms. The topological polar surface area (TPSA) is 38.1 Å². The second-order valence-electron chi connectivity index (χ2n) is 9.54. The van der Waals surface area contributed by atoms with Gasteiger partial charge in [-0.2, -0.15) is 13.2 Å². The molecular weight excluding hydrogens is 447 g/mol. The van der Waals surface area contributed by atoms with Crippen LogP contribution in [0.15, 0.2) is 30.5 Å².